The second-order valence-corrected chi connectivity index (χ2v) is 6.21. The van der Waals surface area contributed by atoms with Crippen LogP contribution in [0.2, 0.25) is 0 Å². The van der Waals surface area contributed by atoms with Crippen LogP contribution in [0, 0.1) is 11.3 Å². The highest BCUT2D eigenvalue weighted by Crippen LogP contribution is 2.24. The van der Waals surface area contributed by atoms with Crippen LogP contribution in [0.25, 0.3) is 0 Å². The van der Waals surface area contributed by atoms with Crippen molar-refractivity contribution in [2.24, 2.45) is 0 Å². The van der Waals surface area contributed by atoms with E-state index in [0.29, 0.717) is 12.6 Å². The highest BCUT2D eigenvalue weighted by molar-refractivity contribution is 5.27. The Kier molecular flexibility index (Phi) is 5.64. The highest BCUT2D eigenvalue weighted by atomic mass is 16.5. The van der Waals surface area contributed by atoms with E-state index in [2.05, 4.69) is 30.4 Å². The third-order valence-corrected chi connectivity index (χ3v) is 3.90. The van der Waals surface area contributed by atoms with Crippen LogP contribution in [0.5, 0.6) is 5.75 Å². The molecule has 1 aromatic carbocycles. The standard InChI is InChI=1S/C18H26N2O/c1-3-5-15-6-10-17(11-7-15)21-13-4-12-18(2,14-19)20-16-8-9-16/h6-7,10-11,16,20H,3-5,8-9,12-13H2,1-2H3. The maximum absolute atomic E-state index is 9.31. The van der Waals surface area contributed by atoms with Gasteiger partial charge in [-0.2, -0.15) is 5.26 Å². The zero-order chi connectivity index (χ0) is 15.1. The van der Waals surface area contributed by atoms with E-state index in [1.807, 2.05) is 19.1 Å². The lowest BCUT2D eigenvalue weighted by atomic mass is 9.98. The monoisotopic (exact) mass is 286 g/mol. The average molecular weight is 286 g/mol. The van der Waals surface area contributed by atoms with Gasteiger partial charge in [-0.15, -0.1) is 0 Å². The van der Waals surface area contributed by atoms with Crippen molar-refractivity contribution >= 4 is 0 Å². The van der Waals surface area contributed by atoms with Crippen LogP contribution in [0.1, 0.15) is 51.5 Å². The zero-order valence-electron chi connectivity index (χ0n) is 13.2. The molecule has 1 aliphatic carbocycles. The SMILES string of the molecule is CCCc1ccc(OCCCC(C)(C#N)NC2CC2)cc1. The fourth-order valence-corrected chi connectivity index (χ4v) is 2.50. The van der Waals surface area contributed by atoms with Gasteiger partial charge in [-0.25, -0.2) is 0 Å². The number of nitriles is 1. The molecule has 1 unspecified atom stereocenters. The summed E-state index contributed by atoms with van der Waals surface area (Å²) in [5.74, 6) is 0.920. The van der Waals surface area contributed by atoms with E-state index < -0.39 is 5.54 Å². The van der Waals surface area contributed by atoms with E-state index in [9.17, 15) is 5.26 Å². The number of aryl methyl sites for hydroxylation is 1. The molecule has 0 aromatic heterocycles. The van der Waals surface area contributed by atoms with Crippen LogP contribution in [-0.4, -0.2) is 18.2 Å². The van der Waals surface area contributed by atoms with Gasteiger partial charge in [0, 0.05) is 6.04 Å². The first-order chi connectivity index (χ1) is 10.1. The Hall–Kier alpha value is -1.53. The number of nitrogens with zero attached hydrogens (tertiary/aromatic N) is 1. The van der Waals surface area contributed by atoms with Gasteiger partial charge in [0.2, 0.25) is 0 Å². The fourth-order valence-electron chi connectivity index (χ4n) is 2.50. The molecule has 1 aliphatic rings. The third-order valence-electron chi connectivity index (χ3n) is 3.90. The maximum Gasteiger partial charge on any atom is 0.119 e. The summed E-state index contributed by atoms with van der Waals surface area (Å²) in [6.07, 6.45) is 6.42. The van der Waals surface area contributed by atoms with Gasteiger partial charge in [-0.05, 0) is 56.7 Å². The molecule has 0 aliphatic heterocycles. The van der Waals surface area contributed by atoms with E-state index in [0.717, 1.165) is 25.0 Å². The topological polar surface area (TPSA) is 45.0 Å². The maximum atomic E-state index is 9.31. The van der Waals surface area contributed by atoms with Crippen LogP contribution in [0.3, 0.4) is 0 Å². The van der Waals surface area contributed by atoms with Crippen molar-refractivity contribution < 1.29 is 4.74 Å². The number of hydrogen-bond donors (Lipinski definition) is 1. The summed E-state index contributed by atoms with van der Waals surface area (Å²) in [4.78, 5) is 0. The molecule has 1 atom stereocenters. The minimum Gasteiger partial charge on any atom is -0.494 e. The predicted molar refractivity (Wildman–Crippen MR) is 85.3 cm³/mol. The van der Waals surface area contributed by atoms with Gasteiger partial charge in [0.15, 0.2) is 0 Å². The zero-order valence-corrected chi connectivity index (χ0v) is 13.2. The molecule has 114 valence electrons. The van der Waals surface area contributed by atoms with E-state index in [1.54, 1.807) is 0 Å². The molecule has 0 radical (unpaired) electrons. The Labute approximate surface area is 128 Å². The summed E-state index contributed by atoms with van der Waals surface area (Å²) in [6.45, 7) is 4.84. The molecule has 21 heavy (non-hydrogen) atoms. The molecule has 1 aromatic rings. The Bertz CT molecular complexity index is 473. The lowest BCUT2D eigenvalue weighted by molar-refractivity contribution is 0.284. The molecule has 0 bridgehead atoms. The van der Waals surface area contributed by atoms with Crippen molar-refractivity contribution in [3.63, 3.8) is 0 Å². The van der Waals surface area contributed by atoms with Crippen molar-refractivity contribution in [2.45, 2.75) is 64.0 Å². The molecular formula is C18H26N2O. The Morgan fingerprint density at radius 1 is 1.33 bits per heavy atom. The molecule has 0 spiro atoms. The predicted octanol–water partition coefficient (Wildman–Crippen LogP) is 3.83. The van der Waals surface area contributed by atoms with Crippen LogP contribution >= 0.6 is 0 Å². The first-order valence-corrected chi connectivity index (χ1v) is 8.06. The number of ether oxygens (including phenoxy) is 1. The second kappa shape index (κ2) is 7.47. The molecule has 0 saturated heterocycles. The van der Waals surface area contributed by atoms with Gasteiger partial charge in [-0.3, -0.25) is 5.32 Å². The molecule has 1 N–H and O–H groups in total. The van der Waals surface area contributed by atoms with Gasteiger partial charge < -0.3 is 4.74 Å². The molecule has 3 nitrogen and oxygen atoms in total. The Morgan fingerprint density at radius 2 is 2.05 bits per heavy atom. The first-order valence-electron chi connectivity index (χ1n) is 8.06. The third kappa shape index (κ3) is 5.40. The van der Waals surface area contributed by atoms with Crippen LogP contribution in [0.4, 0.5) is 0 Å². The van der Waals surface area contributed by atoms with E-state index >= 15 is 0 Å². The van der Waals surface area contributed by atoms with Gasteiger partial charge in [0.1, 0.15) is 11.3 Å². The van der Waals surface area contributed by atoms with Gasteiger partial charge >= 0.3 is 0 Å². The largest absolute Gasteiger partial charge is 0.494 e. The van der Waals surface area contributed by atoms with Crippen molar-refractivity contribution in [3.05, 3.63) is 29.8 Å². The summed E-state index contributed by atoms with van der Waals surface area (Å²) < 4.78 is 5.76. The first kappa shape index (κ1) is 15.9. The Balaban J connectivity index is 1.69. The van der Waals surface area contributed by atoms with Gasteiger partial charge in [0.25, 0.3) is 0 Å². The van der Waals surface area contributed by atoms with Crippen LogP contribution in [-0.2, 0) is 6.42 Å². The van der Waals surface area contributed by atoms with Gasteiger partial charge in [0.05, 0.1) is 12.7 Å². The van der Waals surface area contributed by atoms with Crippen molar-refractivity contribution in [3.8, 4) is 11.8 Å². The second-order valence-electron chi connectivity index (χ2n) is 6.21. The van der Waals surface area contributed by atoms with E-state index in [4.69, 9.17) is 4.74 Å². The normalized spacial score (nSPS) is 17.0. The molecule has 1 saturated carbocycles. The summed E-state index contributed by atoms with van der Waals surface area (Å²) in [5, 5.41) is 12.7. The molecule has 0 amide bonds. The smallest absolute Gasteiger partial charge is 0.119 e. The van der Waals surface area contributed by atoms with E-state index in [1.165, 1.54) is 24.8 Å². The summed E-state index contributed by atoms with van der Waals surface area (Å²) in [5.41, 5.74) is 0.950. The molecule has 3 heteroatoms. The Morgan fingerprint density at radius 3 is 2.62 bits per heavy atom. The molecular weight excluding hydrogens is 260 g/mol. The fraction of sp³-hybridized carbons (Fsp3) is 0.611. The minimum absolute atomic E-state index is 0.407. The van der Waals surface area contributed by atoms with Gasteiger partial charge in [-0.1, -0.05) is 25.5 Å². The van der Waals surface area contributed by atoms with Crippen LogP contribution in [0.15, 0.2) is 24.3 Å². The summed E-state index contributed by atoms with van der Waals surface area (Å²) in [6, 6.07) is 11.3. The average Bonchev–Trinajstić information content (AvgIpc) is 3.29. The minimum atomic E-state index is -0.407. The van der Waals surface area contributed by atoms with Crippen molar-refractivity contribution in [1.29, 1.82) is 5.26 Å². The lowest BCUT2D eigenvalue weighted by Gasteiger charge is -2.23. The number of nitrogens with one attached hydrogen (secondary N) is 1. The van der Waals surface area contributed by atoms with Crippen molar-refractivity contribution in [2.75, 3.05) is 6.61 Å². The molecule has 0 heterocycles. The molecule has 2 rings (SSSR count). The van der Waals surface area contributed by atoms with Crippen LogP contribution < -0.4 is 10.1 Å². The summed E-state index contributed by atoms with van der Waals surface area (Å²) in [7, 11) is 0. The summed E-state index contributed by atoms with van der Waals surface area (Å²) >= 11 is 0. The molecule has 1 fully saturated rings. The van der Waals surface area contributed by atoms with E-state index in [-0.39, 0.29) is 0 Å². The van der Waals surface area contributed by atoms with Crippen molar-refractivity contribution in [1.82, 2.24) is 5.32 Å². The lowest BCUT2D eigenvalue weighted by Crippen LogP contribution is -2.42. The number of rotatable bonds is 9. The number of benzene rings is 1. The highest BCUT2D eigenvalue weighted by Gasteiger charge is 2.31. The number of hydrogen-bond acceptors (Lipinski definition) is 3. The quantitative estimate of drug-likeness (QED) is 0.702.